The first-order valence-corrected chi connectivity index (χ1v) is 3.16. The molecule has 13 heavy (non-hydrogen) atoms. The number of aromatic amines is 1. The van der Waals surface area contributed by atoms with Crippen molar-refractivity contribution in [2.45, 2.75) is 6.18 Å². The highest BCUT2D eigenvalue weighted by Crippen LogP contribution is 2.28. The van der Waals surface area contributed by atoms with Crippen LogP contribution in [0.4, 0.5) is 13.2 Å². The number of H-pyrrole nitrogens is 1. The Morgan fingerprint density at radius 1 is 1.46 bits per heavy atom. The molecular formula is C7H3F3N2O. The quantitative estimate of drug-likeness (QED) is 0.666. The standard InChI is InChI=1S/C7H3F3N2O/c8-7(9,10)6-4(3-11)5(13)1-2-12-6/h1-2H,(H,12,13). The summed E-state index contributed by atoms with van der Waals surface area (Å²) in [5.41, 5.74) is -3.15. The van der Waals surface area contributed by atoms with E-state index in [0.29, 0.717) is 0 Å². The number of alkyl halides is 3. The van der Waals surface area contributed by atoms with Gasteiger partial charge < -0.3 is 4.98 Å². The van der Waals surface area contributed by atoms with Crippen molar-refractivity contribution in [3.8, 4) is 6.07 Å². The molecule has 0 saturated heterocycles. The SMILES string of the molecule is N#Cc1c(C(F)(F)F)[nH]ccc1=O. The van der Waals surface area contributed by atoms with Crippen LogP contribution < -0.4 is 5.43 Å². The maximum Gasteiger partial charge on any atom is 0.432 e. The van der Waals surface area contributed by atoms with Crippen LogP contribution in [0.25, 0.3) is 0 Å². The van der Waals surface area contributed by atoms with Gasteiger partial charge in [-0.3, -0.25) is 4.79 Å². The van der Waals surface area contributed by atoms with Gasteiger partial charge in [-0.2, -0.15) is 18.4 Å². The van der Waals surface area contributed by atoms with Gasteiger partial charge in [0.15, 0.2) is 5.43 Å². The van der Waals surface area contributed by atoms with E-state index in [1.54, 1.807) is 0 Å². The van der Waals surface area contributed by atoms with Gasteiger partial charge in [0.2, 0.25) is 0 Å². The van der Waals surface area contributed by atoms with Crippen molar-refractivity contribution in [3.63, 3.8) is 0 Å². The van der Waals surface area contributed by atoms with Crippen LogP contribution in [0.5, 0.6) is 0 Å². The summed E-state index contributed by atoms with van der Waals surface area (Å²) >= 11 is 0. The summed E-state index contributed by atoms with van der Waals surface area (Å²) in [6.45, 7) is 0. The number of hydrogen-bond donors (Lipinski definition) is 1. The molecular weight excluding hydrogens is 185 g/mol. The molecule has 0 fully saturated rings. The number of nitrogens with one attached hydrogen (secondary N) is 1. The van der Waals surface area contributed by atoms with Gasteiger partial charge in [-0.1, -0.05) is 0 Å². The van der Waals surface area contributed by atoms with Crippen LogP contribution in [0.15, 0.2) is 17.1 Å². The minimum Gasteiger partial charge on any atom is -0.356 e. The highest BCUT2D eigenvalue weighted by molar-refractivity contribution is 5.34. The fourth-order valence-electron chi connectivity index (χ4n) is 0.814. The minimum absolute atomic E-state index is 0.853. The summed E-state index contributed by atoms with van der Waals surface area (Å²) in [5, 5.41) is 8.29. The summed E-state index contributed by atoms with van der Waals surface area (Å²) in [6, 6.07) is 2.08. The summed E-state index contributed by atoms with van der Waals surface area (Å²) < 4.78 is 36.3. The highest BCUT2D eigenvalue weighted by Gasteiger charge is 2.35. The summed E-state index contributed by atoms with van der Waals surface area (Å²) in [6.07, 6.45) is -3.85. The van der Waals surface area contributed by atoms with E-state index in [1.807, 2.05) is 4.98 Å². The molecule has 0 aliphatic heterocycles. The third-order valence-electron chi connectivity index (χ3n) is 1.35. The number of nitrogens with zero attached hydrogens (tertiary/aromatic N) is 1. The molecule has 0 aliphatic carbocycles. The molecule has 0 amide bonds. The Labute approximate surface area is 70.4 Å². The van der Waals surface area contributed by atoms with Gasteiger partial charge in [0.1, 0.15) is 17.3 Å². The topological polar surface area (TPSA) is 56.6 Å². The number of pyridine rings is 1. The fourth-order valence-corrected chi connectivity index (χ4v) is 0.814. The zero-order valence-corrected chi connectivity index (χ0v) is 6.14. The molecule has 1 N–H and O–H groups in total. The van der Waals surface area contributed by atoms with Crippen LogP contribution in [0.2, 0.25) is 0 Å². The third kappa shape index (κ3) is 1.69. The lowest BCUT2D eigenvalue weighted by atomic mass is 10.2. The normalized spacial score (nSPS) is 10.9. The van der Waals surface area contributed by atoms with Gasteiger partial charge in [0.05, 0.1) is 0 Å². The Hall–Kier alpha value is -1.77. The maximum atomic E-state index is 12.1. The predicted molar refractivity (Wildman–Crippen MR) is 36.8 cm³/mol. The maximum absolute atomic E-state index is 12.1. The molecule has 0 atom stereocenters. The van der Waals surface area contributed by atoms with Crippen LogP contribution in [-0.2, 0) is 6.18 Å². The molecule has 0 unspecified atom stereocenters. The summed E-state index contributed by atoms with van der Waals surface area (Å²) in [5.74, 6) is 0. The number of halogens is 3. The molecule has 0 spiro atoms. The van der Waals surface area contributed by atoms with Crippen LogP contribution in [-0.4, -0.2) is 4.98 Å². The number of nitriles is 1. The fraction of sp³-hybridized carbons (Fsp3) is 0.143. The molecule has 68 valence electrons. The van der Waals surface area contributed by atoms with Gasteiger partial charge in [0, 0.05) is 12.3 Å². The van der Waals surface area contributed by atoms with Crippen molar-refractivity contribution >= 4 is 0 Å². The highest BCUT2D eigenvalue weighted by atomic mass is 19.4. The summed E-state index contributed by atoms with van der Waals surface area (Å²) in [7, 11) is 0. The molecule has 1 aromatic rings. The smallest absolute Gasteiger partial charge is 0.356 e. The Kier molecular flexibility index (Phi) is 2.10. The van der Waals surface area contributed by atoms with E-state index < -0.39 is 22.9 Å². The lowest BCUT2D eigenvalue weighted by Gasteiger charge is -2.06. The van der Waals surface area contributed by atoms with E-state index in [2.05, 4.69) is 0 Å². The van der Waals surface area contributed by atoms with Gasteiger partial charge in [-0.25, -0.2) is 0 Å². The van der Waals surface area contributed by atoms with E-state index in [4.69, 9.17) is 5.26 Å². The molecule has 1 aromatic heterocycles. The van der Waals surface area contributed by atoms with E-state index in [9.17, 15) is 18.0 Å². The van der Waals surface area contributed by atoms with E-state index >= 15 is 0 Å². The summed E-state index contributed by atoms with van der Waals surface area (Å²) in [4.78, 5) is 12.6. The van der Waals surface area contributed by atoms with Crippen LogP contribution in [0.3, 0.4) is 0 Å². The Morgan fingerprint density at radius 3 is 2.46 bits per heavy atom. The Bertz CT molecular complexity index is 413. The number of hydrogen-bond acceptors (Lipinski definition) is 2. The van der Waals surface area contributed by atoms with Gasteiger partial charge in [0.25, 0.3) is 0 Å². The van der Waals surface area contributed by atoms with E-state index in [0.717, 1.165) is 12.3 Å². The molecule has 1 rings (SSSR count). The Balaban J connectivity index is 3.49. The van der Waals surface area contributed by atoms with Crippen LogP contribution in [0.1, 0.15) is 11.3 Å². The number of rotatable bonds is 0. The monoisotopic (exact) mass is 188 g/mol. The third-order valence-corrected chi connectivity index (χ3v) is 1.35. The first-order valence-electron chi connectivity index (χ1n) is 3.16. The first kappa shape index (κ1) is 9.32. The minimum atomic E-state index is -4.70. The average molecular weight is 188 g/mol. The zero-order valence-electron chi connectivity index (χ0n) is 6.14. The molecule has 1 heterocycles. The van der Waals surface area contributed by atoms with Gasteiger partial charge >= 0.3 is 6.18 Å². The lowest BCUT2D eigenvalue weighted by molar-refractivity contribution is -0.141. The van der Waals surface area contributed by atoms with Crippen molar-refractivity contribution in [1.82, 2.24) is 4.98 Å². The molecule has 0 aliphatic rings. The second kappa shape index (κ2) is 2.94. The first-order chi connectivity index (χ1) is 5.96. The van der Waals surface area contributed by atoms with Crippen molar-refractivity contribution in [3.05, 3.63) is 33.7 Å². The second-order valence-electron chi connectivity index (χ2n) is 2.20. The largest absolute Gasteiger partial charge is 0.432 e. The van der Waals surface area contributed by atoms with Crippen molar-refractivity contribution in [2.24, 2.45) is 0 Å². The molecule has 0 aromatic carbocycles. The van der Waals surface area contributed by atoms with Crippen molar-refractivity contribution in [1.29, 1.82) is 5.26 Å². The van der Waals surface area contributed by atoms with Gasteiger partial charge in [-0.15, -0.1) is 0 Å². The van der Waals surface area contributed by atoms with E-state index in [-0.39, 0.29) is 0 Å². The molecule has 0 saturated carbocycles. The molecule has 0 bridgehead atoms. The molecule has 6 heteroatoms. The van der Waals surface area contributed by atoms with Gasteiger partial charge in [-0.05, 0) is 0 Å². The number of aromatic nitrogens is 1. The zero-order chi connectivity index (χ0) is 10.1. The predicted octanol–water partition coefficient (Wildman–Crippen LogP) is 1.27. The van der Waals surface area contributed by atoms with E-state index in [1.165, 1.54) is 6.07 Å². The molecule has 0 radical (unpaired) electrons. The second-order valence-corrected chi connectivity index (χ2v) is 2.20. The Morgan fingerprint density at radius 2 is 2.08 bits per heavy atom. The van der Waals surface area contributed by atoms with Crippen molar-refractivity contribution in [2.75, 3.05) is 0 Å². The van der Waals surface area contributed by atoms with Crippen LogP contribution >= 0.6 is 0 Å². The average Bonchev–Trinajstić information content (AvgIpc) is 2.02. The van der Waals surface area contributed by atoms with Crippen molar-refractivity contribution < 1.29 is 13.2 Å². The molecule has 3 nitrogen and oxygen atoms in total. The van der Waals surface area contributed by atoms with Crippen LogP contribution in [0, 0.1) is 11.3 Å². The lowest BCUT2D eigenvalue weighted by Crippen LogP contribution is -2.17.